The Morgan fingerprint density at radius 2 is 2.19 bits per heavy atom. The molecule has 2 nitrogen and oxygen atoms in total. The van der Waals surface area contributed by atoms with Gasteiger partial charge in [-0.25, -0.2) is 0 Å². The first-order valence-corrected chi connectivity index (χ1v) is 7.17. The van der Waals surface area contributed by atoms with E-state index in [1.807, 2.05) is 0 Å². The lowest BCUT2D eigenvalue weighted by atomic mass is 9.70. The normalized spacial score (nSPS) is 30.0. The molecule has 2 unspecified atom stereocenters. The van der Waals surface area contributed by atoms with Crippen molar-refractivity contribution in [1.82, 2.24) is 5.32 Å². The second-order valence-electron chi connectivity index (χ2n) is 5.61. The van der Waals surface area contributed by atoms with Crippen molar-refractivity contribution in [2.24, 2.45) is 5.92 Å². The Morgan fingerprint density at radius 1 is 1.38 bits per heavy atom. The molecule has 1 saturated heterocycles. The van der Waals surface area contributed by atoms with Crippen molar-refractivity contribution >= 4 is 0 Å². The van der Waals surface area contributed by atoms with Crippen LogP contribution in [0.15, 0.2) is 0 Å². The molecule has 1 aliphatic heterocycles. The fraction of sp³-hybridized carbons (Fsp3) is 1.00. The van der Waals surface area contributed by atoms with Crippen LogP contribution < -0.4 is 5.32 Å². The molecule has 2 heteroatoms. The Morgan fingerprint density at radius 3 is 2.75 bits per heavy atom. The lowest BCUT2D eigenvalue weighted by molar-refractivity contribution is -0.147. The second-order valence-corrected chi connectivity index (χ2v) is 5.61. The fourth-order valence-corrected chi connectivity index (χ4v) is 3.30. The number of hydrogen-bond donors (Lipinski definition) is 1. The first-order valence-electron chi connectivity index (χ1n) is 7.17. The van der Waals surface area contributed by atoms with Gasteiger partial charge in [0, 0.05) is 12.6 Å². The molecule has 1 aliphatic carbocycles. The van der Waals surface area contributed by atoms with Crippen LogP contribution in [-0.4, -0.2) is 24.8 Å². The smallest absolute Gasteiger partial charge is 0.0685 e. The van der Waals surface area contributed by atoms with Crippen LogP contribution in [0.4, 0.5) is 0 Å². The highest BCUT2D eigenvalue weighted by molar-refractivity contribution is 4.96. The Bertz CT molecular complexity index is 213. The standard InChI is InChI=1S/C14H27NO/c1-3-9-15-13(4-2)12-6-10-16-14(11-12)7-5-8-14/h12-13,15H,3-11H2,1-2H3. The topological polar surface area (TPSA) is 21.3 Å². The fourth-order valence-electron chi connectivity index (χ4n) is 3.30. The lowest BCUT2D eigenvalue weighted by Crippen LogP contribution is -2.50. The minimum Gasteiger partial charge on any atom is -0.375 e. The molecular weight excluding hydrogens is 198 g/mol. The Hall–Kier alpha value is -0.0800. The summed E-state index contributed by atoms with van der Waals surface area (Å²) in [6, 6.07) is 0.723. The molecule has 2 rings (SSSR count). The van der Waals surface area contributed by atoms with Crippen LogP contribution >= 0.6 is 0 Å². The largest absolute Gasteiger partial charge is 0.375 e. The van der Waals surface area contributed by atoms with Gasteiger partial charge in [0.2, 0.25) is 0 Å². The molecule has 0 aromatic rings. The van der Waals surface area contributed by atoms with Gasteiger partial charge in [-0.3, -0.25) is 0 Å². The van der Waals surface area contributed by atoms with E-state index >= 15 is 0 Å². The van der Waals surface area contributed by atoms with E-state index in [1.54, 1.807) is 0 Å². The van der Waals surface area contributed by atoms with Gasteiger partial charge in [0.05, 0.1) is 5.60 Å². The molecular formula is C14H27NO. The number of nitrogens with one attached hydrogen (secondary N) is 1. The highest BCUT2D eigenvalue weighted by atomic mass is 16.5. The quantitative estimate of drug-likeness (QED) is 0.776. The van der Waals surface area contributed by atoms with Gasteiger partial charge in [-0.05, 0) is 57.4 Å². The maximum absolute atomic E-state index is 6.00. The minimum absolute atomic E-state index is 0.310. The van der Waals surface area contributed by atoms with Gasteiger partial charge in [0.15, 0.2) is 0 Å². The van der Waals surface area contributed by atoms with Crippen molar-refractivity contribution < 1.29 is 4.74 Å². The summed E-state index contributed by atoms with van der Waals surface area (Å²) < 4.78 is 6.00. The maximum atomic E-state index is 6.00. The maximum Gasteiger partial charge on any atom is 0.0685 e. The Balaban J connectivity index is 1.86. The molecule has 0 aromatic heterocycles. The molecule has 16 heavy (non-hydrogen) atoms. The lowest BCUT2D eigenvalue weighted by Gasteiger charge is -2.48. The van der Waals surface area contributed by atoms with E-state index in [4.69, 9.17) is 4.74 Å². The van der Waals surface area contributed by atoms with Crippen molar-refractivity contribution in [1.29, 1.82) is 0 Å². The van der Waals surface area contributed by atoms with Crippen molar-refractivity contribution in [2.75, 3.05) is 13.2 Å². The Kier molecular flexibility index (Phi) is 4.26. The molecule has 1 spiro atoms. The summed E-state index contributed by atoms with van der Waals surface area (Å²) >= 11 is 0. The van der Waals surface area contributed by atoms with Gasteiger partial charge in [-0.1, -0.05) is 13.8 Å². The first kappa shape index (κ1) is 12.4. The van der Waals surface area contributed by atoms with E-state index in [1.165, 1.54) is 51.5 Å². The van der Waals surface area contributed by atoms with Crippen LogP contribution in [0.2, 0.25) is 0 Å². The van der Waals surface area contributed by atoms with Crippen LogP contribution in [0.3, 0.4) is 0 Å². The van der Waals surface area contributed by atoms with E-state index < -0.39 is 0 Å². The zero-order valence-corrected chi connectivity index (χ0v) is 10.9. The zero-order valence-electron chi connectivity index (χ0n) is 10.9. The molecule has 0 radical (unpaired) electrons. The Labute approximate surface area is 100 Å². The predicted octanol–water partition coefficient (Wildman–Crippen LogP) is 3.11. The van der Waals surface area contributed by atoms with Crippen LogP contribution in [0.25, 0.3) is 0 Å². The first-order chi connectivity index (χ1) is 7.79. The molecule has 0 bridgehead atoms. The average Bonchev–Trinajstić information content (AvgIpc) is 2.28. The highest BCUT2D eigenvalue weighted by Gasteiger charge is 2.43. The van der Waals surface area contributed by atoms with Crippen molar-refractivity contribution in [3.05, 3.63) is 0 Å². The predicted molar refractivity (Wildman–Crippen MR) is 67.6 cm³/mol. The molecule has 1 saturated carbocycles. The molecule has 0 aromatic carbocycles. The number of rotatable bonds is 5. The summed E-state index contributed by atoms with van der Waals surface area (Å²) in [4.78, 5) is 0. The van der Waals surface area contributed by atoms with E-state index in [0.29, 0.717) is 5.60 Å². The third-order valence-corrected chi connectivity index (χ3v) is 4.46. The highest BCUT2D eigenvalue weighted by Crippen LogP contribution is 2.45. The monoisotopic (exact) mass is 225 g/mol. The average molecular weight is 225 g/mol. The molecule has 2 atom stereocenters. The summed E-state index contributed by atoms with van der Waals surface area (Å²) in [5, 5.41) is 3.72. The van der Waals surface area contributed by atoms with Gasteiger partial charge >= 0.3 is 0 Å². The summed E-state index contributed by atoms with van der Waals surface area (Å²) in [5.41, 5.74) is 0.310. The van der Waals surface area contributed by atoms with Crippen molar-refractivity contribution in [3.8, 4) is 0 Å². The van der Waals surface area contributed by atoms with Crippen LogP contribution in [0.1, 0.15) is 58.8 Å². The van der Waals surface area contributed by atoms with Crippen LogP contribution in [0, 0.1) is 5.92 Å². The van der Waals surface area contributed by atoms with Gasteiger partial charge in [-0.15, -0.1) is 0 Å². The summed E-state index contributed by atoms with van der Waals surface area (Å²) in [7, 11) is 0. The van der Waals surface area contributed by atoms with E-state index in [9.17, 15) is 0 Å². The molecule has 1 heterocycles. The van der Waals surface area contributed by atoms with Gasteiger partial charge in [0.25, 0.3) is 0 Å². The van der Waals surface area contributed by atoms with Gasteiger partial charge in [-0.2, -0.15) is 0 Å². The number of hydrogen-bond acceptors (Lipinski definition) is 2. The van der Waals surface area contributed by atoms with E-state index in [0.717, 1.165) is 18.6 Å². The van der Waals surface area contributed by atoms with Crippen molar-refractivity contribution in [2.45, 2.75) is 70.4 Å². The molecule has 2 aliphatic rings. The third-order valence-electron chi connectivity index (χ3n) is 4.46. The molecule has 1 N–H and O–H groups in total. The summed E-state index contributed by atoms with van der Waals surface area (Å²) in [5.74, 6) is 0.852. The van der Waals surface area contributed by atoms with Gasteiger partial charge < -0.3 is 10.1 Å². The summed E-state index contributed by atoms with van der Waals surface area (Å²) in [6.45, 7) is 6.73. The zero-order chi connectivity index (χ0) is 11.4. The second kappa shape index (κ2) is 5.50. The number of ether oxygens (including phenoxy) is 1. The molecule has 94 valence electrons. The molecule has 2 fully saturated rings. The van der Waals surface area contributed by atoms with Crippen molar-refractivity contribution in [3.63, 3.8) is 0 Å². The summed E-state index contributed by atoms with van der Waals surface area (Å²) in [6.07, 6.45) is 9.08. The van der Waals surface area contributed by atoms with Crippen LogP contribution in [0.5, 0.6) is 0 Å². The molecule has 0 amide bonds. The third kappa shape index (κ3) is 2.60. The minimum atomic E-state index is 0.310. The van der Waals surface area contributed by atoms with Crippen LogP contribution in [-0.2, 0) is 4.74 Å². The van der Waals surface area contributed by atoms with E-state index in [2.05, 4.69) is 19.2 Å². The van der Waals surface area contributed by atoms with Gasteiger partial charge in [0.1, 0.15) is 0 Å². The SMILES string of the molecule is CCCNC(CC)C1CCOC2(CCC2)C1. The van der Waals surface area contributed by atoms with E-state index in [-0.39, 0.29) is 0 Å².